The first kappa shape index (κ1) is 22.8. The van der Waals surface area contributed by atoms with E-state index >= 15 is 0 Å². The van der Waals surface area contributed by atoms with Gasteiger partial charge >= 0.3 is 10.4 Å². The van der Waals surface area contributed by atoms with Crippen LogP contribution >= 0.6 is 11.8 Å². The van der Waals surface area contributed by atoms with Crippen LogP contribution in [0.5, 0.6) is 5.75 Å². The summed E-state index contributed by atoms with van der Waals surface area (Å²) < 4.78 is 36.6. The quantitative estimate of drug-likeness (QED) is 0.194. The summed E-state index contributed by atoms with van der Waals surface area (Å²) in [5.41, 5.74) is -0.563. The Morgan fingerprint density at radius 2 is 1.82 bits per heavy atom. The zero-order chi connectivity index (χ0) is 20.9. The molecule has 0 bridgehead atoms. The average molecular weight is 439 g/mol. The Morgan fingerprint density at radius 3 is 2.39 bits per heavy atom. The number of aliphatic hydroxyl groups excluding tert-OH is 4. The highest BCUT2D eigenvalue weighted by molar-refractivity contribution is 8.14. The van der Waals surface area contributed by atoms with Crippen molar-refractivity contribution in [3.63, 3.8) is 0 Å². The molecule has 1 fully saturated rings. The lowest BCUT2D eigenvalue weighted by Crippen LogP contribution is -2.57. The summed E-state index contributed by atoms with van der Waals surface area (Å²) in [6, 6.07) is 5.95. The third-order valence-corrected chi connectivity index (χ3v) is 5.61. The van der Waals surface area contributed by atoms with Crippen molar-refractivity contribution < 1.29 is 47.2 Å². The molecule has 11 nitrogen and oxygen atoms in total. The molecule has 0 aromatic heterocycles. The SMILES string of the molecule is COS(=O)(=O)ON=C(Cc1ccc(O)cc1)SC1OC(CO)C(O)C(O)C1O. The van der Waals surface area contributed by atoms with Gasteiger partial charge in [0.05, 0.1) is 13.7 Å². The topological polar surface area (TPSA) is 175 Å². The van der Waals surface area contributed by atoms with Gasteiger partial charge in [-0.15, -0.1) is 0 Å². The molecule has 1 aliphatic heterocycles. The summed E-state index contributed by atoms with van der Waals surface area (Å²) in [7, 11) is -3.49. The molecule has 0 saturated carbocycles. The fourth-order valence-electron chi connectivity index (χ4n) is 2.30. The minimum atomic E-state index is -4.38. The highest BCUT2D eigenvalue weighted by Gasteiger charge is 2.44. The molecule has 1 saturated heterocycles. The van der Waals surface area contributed by atoms with Gasteiger partial charge in [-0.1, -0.05) is 29.1 Å². The smallest absolute Gasteiger partial charge is 0.468 e. The number of nitrogens with zero attached hydrogens (tertiary/aromatic N) is 1. The Morgan fingerprint density at radius 1 is 1.18 bits per heavy atom. The van der Waals surface area contributed by atoms with Gasteiger partial charge in [0.1, 0.15) is 40.6 Å². The Balaban J connectivity index is 2.22. The molecule has 2 rings (SSSR count). The lowest BCUT2D eigenvalue weighted by molar-refractivity contribution is -0.205. The molecule has 0 amide bonds. The largest absolute Gasteiger partial charge is 0.508 e. The number of hydrogen-bond donors (Lipinski definition) is 5. The molecule has 5 atom stereocenters. The second kappa shape index (κ2) is 9.84. The summed E-state index contributed by atoms with van der Waals surface area (Å²) in [6.45, 7) is -0.610. The first-order chi connectivity index (χ1) is 13.2. The van der Waals surface area contributed by atoms with E-state index in [9.17, 15) is 34.0 Å². The number of hydrogen-bond acceptors (Lipinski definition) is 12. The molecule has 13 heteroatoms. The molecular weight excluding hydrogens is 418 g/mol. The van der Waals surface area contributed by atoms with E-state index in [0.717, 1.165) is 18.9 Å². The van der Waals surface area contributed by atoms with Crippen molar-refractivity contribution >= 4 is 27.2 Å². The van der Waals surface area contributed by atoms with Gasteiger partial charge < -0.3 is 30.3 Å². The van der Waals surface area contributed by atoms with E-state index in [1.165, 1.54) is 12.1 Å². The molecule has 158 valence electrons. The third kappa shape index (κ3) is 6.02. The van der Waals surface area contributed by atoms with Crippen molar-refractivity contribution in [2.45, 2.75) is 36.3 Å². The van der Waals surface area contributed by atoms with Crippen LogP contribution in [0.4, 0.5) is 0 Å². The van der Waals surface area contributed by atoms with Crippen molar-refractivity contribution in [1.82, 2.24) is 0 Å². The third-order valence-electron chi connectivity index (χ3n) is 3.83. The Kier molecular flexibility index (Phi) is 8.03. The number of aliphatic hydroxyl groups is 4. The van der Waals surface area contributed by atoms with Crippen molar-refractivity contribution in [3.8, 4) is 5.75 Å². The first-order valence-corrected chi connectivity index (χ1v) is 10.2. The van der Waals surface area contributed by atoms with Crippen LogP contribution in [-0.2, 0) is 30.0 Å². The molecule has 5 N–H and O–H groups in total. The van der Waals surface area contributed by atoms with Gasteiger partial charge in [0.15, 0.2) is 0 Å². The van der Waals surface area contributed by atoms with Crippen LogP contribution in [0.25, 0.3) is 0 Å². The Labute approximate surface area is 165 Å². The molecule has 1 aromatic rings. The van der Waals surface area contributed by atoms with Crippen molar-refractivity contribution in [2.24, 2.45) is 5.16 Å². The molecule has 0 spiro atoms. The van der Waals surface area contributed by atoms with Crippen molar-refractivity contribution in [2.75, 3.05) is 13.7 Å². The predicted molar refractivity (Wildman–Crippen MR) is 97.6 cm³/mol. The van der Waals surface area contributed by atoms with Crippen LogP contribution in [0.2, 0.25) is 0 Å². The summed E-state index contributed by atoms with van der Waals surface area (Å²) >= 11 is 0.737. The molecule has 28 heavy (non-hydrogen) atoms. The normalized spacial score (nSPS) is 28.9. The number of benzene rings is 1. The average Bonchev–Trinajstić information content (AvgIpc) is 2.68. The molecule has 1 heterocycles. The van der Waals surface area contributed by atoms with Crippen molar-refractivity contribution in [1.29, 1.82) is 0 Å². The number of thioether (sulfide) groups is 1. The number of aromatic hydroxyl groups is 1. The zero-order valence-corrected chi connectivity index (χ0v) is 16.3. The number of oxime groups is 1. The monoisotopic (exact) mass is 439 g/mol. The van der Waals surface area contributed by atoms with E-state index in [1.807, 2.05) is 0 Å². The van der Waals surface area contributed by atoms with Gasteiger partial charge in [-0.25, -0.2) is 8.47 Å². The lowest BCUT2D eigenvalue weighted by Gasteiger charge is -2.39. The highest BCUT2D eigenvalue weighted by Crippen LogP contribution is 2.30. The van der Waals surface area contributed by atoms with E-state index in [4.69, 9.17) is 4.74 Å². The van der Waals surface area contributed by atoms with E-state index in [0.29, 0.717) is 5.56 Å². The molecule has 0 radical (unpaired) electrons. The Bertz CT molecular complexity index is 768. The van der Waals surface area contributed by atoms with Crippen LogP contribution in [0, 0.1) is 0 Å². The van der Waals surface area contributed by atoms with E-state index < -0.39 is 46.9 Å². The number of ether oxygens (including phenoxy) is 1. The standard InChI is InChI=1S/C15H21NO10S2/c1-24-28(22,23)26-16-11(6-8-2-4-9(18)5-3-8)27-15-14(21)13(20)12(19)10(7-17)25-15/h2-5,10,12-15,17-21H,6-7H2,1H3. The minimum absolute atomic E-state index is 0.0237. The van der Waals surface area contributed by atoms with Crippen LogP contribution < -0.4 is 0 Å². The molecule has 1 aromatic carbocycles. The predicted octanol–water partition coefficient (Wildman–Crippen LogP) is -1.31. The lowest BCUT2D eigenvalue weighted by atomic mass is 10.0. The fourth-order valence-corrected chi connectivity index (χ4v) is 3.69. The number of phenolic OH excluding ortho intramolecular Hbond substituents is 1. The number of rotatable bonds is 7. The van der Waals surface area contributed by atoms with Crippen LogP contribution in [0.3, 0.4) is 0 Å². The second-order valence-electron chi connectivity index (χ2n) is 5.79. The summed E-state index contributed by atoms with van der Waals surface area (Å²) in [6.07, 6.45) is -5.78. The molecule has 0 aliphatic carbocycles. The van der Waals surface area contributed by atoms with E-state index in [-0.39, 0.29) is 17.2 Å². The maximum Gasteiger partial charge on any atom is 0.468 e. The van der Waals surface area contributed by atoms with Crippen LogP contribution in [0.15, 0.2) is 29.4 Å². The van der Waals surface area contributed by atoms with Gasteiger partial charge in [-0.05, 0) is 17.7 Å². The first-order valence-electron chi connectivity index (χ1n) is 7.98. The molecular formula is C15H21NO10S2. The van der Waals surface area contributed by atoms with E-state index in [1.54, 1.807) is 12.1 Å². The maximum absolute atomic E-state index is 11.4. The highest BCUT2D eigenvalue weighted by atomic mass is 32.3. The summed E-state index contributed by atoms with van der Waals surface area (Å²) in [5.74, 6) is 0.0297. The molecule has 5 unspecified atom stereocenters. The Hall–Kier alpha value is -1.45. The second-order valence-corrected chi connectivity index (χ2v) is 8.26. The fraction of sp³-hybridized carbons (Fsp3) is 0.533. The number of phenols is 1. The van der Waals surface area contributed by atoms with Crippen LogP contribution in [0.1, 0.15) is 5.56 Å². The van der Waals surface area contributed by atoms with Gasteiger partial charge in [0, 0.05) is 6.42 Å². The van der Waals surface area contributed by atoms with Crippen LogP contribution in [-0.4, -0.2) is 82.6 Å². The molecule has 1 aliphatic rings. The van der Waals surface area contributed by atoms with Gasteiger partial charge in [0.25, 0.3) is 0 Å². The summed E-state index contributed by atoms with van der Waals surface area (Å²) in [5, 5.41) is 52.0. The van der Waals surface area contributed by atoms with Gasteiger partial charge in [0.2, 0.25) is 0 Å². The van der Waals surface area contributed by atoms with E-state index in [2.05, 4.69) is 13.6 Å². The summed E-state index contributed by atoms with van der Waals surface area (Å²) in [4.78, 5) is 0. The van der Waals surface area contributed by atoms with Gasteiger partial charge in [-0.2, -0.15) is 8.42 Å². The van der Waals surface area contributed by atoms with Gasteiger partial charge in [-0.3, -0.25) is 0 Å². The minimum Gasteiger partial charge on any atom is -0.508 e. The zero-order valence-electron chi connectivity index (χ0n) is 14.7. The maximum atomic E-state index is 11.4. The van der Waals surface area contributed by atoms with Crippen molar-refractivity contribution in [3.05, 3.63) is 29.8 Å².